The summed E-state index contributed by atoms with van der Waals surface area (Å²) in [5.74, 6) is 1.02. The van der Waals surface area contributed by atoms with Crippen LogP contribution in [0.25, 0.3) is 11.4 Å². The highest BCUT2D eigenvalue weighted by Gasteiger charge is 2.34. The summed E-state index contributed by atoms with van der Waals surface area (Å²) >= 11 is 6.19. The minimum Gasteiger partial charge on any atom is -0.342 e. The number of hydrogen-bond donors (Lipinski definition) is 0. The quantitative estimate of drug-likeness (QED) is 0.685. The van der Waals surface area contributed by atoms with Crippen LogP contribution in [0.15, 0.2) is 59.1 Å². The van der Waals surface area contributed by atoms with Gasteiger partial charge < -0.3 is 9.42 Å². The van der Waals surface area contributed by atoms with Crippen molar-refractivity contribution in [2.45, 2.75) is 18.8 Å². The van der Waals surface area contributed by atoms with Gasteiger partial charge in [-0.2, -0.15) is 4.98 Å². The van der Waals surface area contributed by atoms with E-state index in [1.807, 2.05) is 41.3 Å². The second-order valence-corrected chi connectivity index (χ2v) is 6.82. The monoisotopic (exact) mass is 367 g/mol. The summed E-state index contributed by atoms with van der Waals surface area (Å²) in [7, 11) is 0. The minimum atomic E-state index is -0.0676. The molecule has 1 unspecified atom stereocenters. The van der Waals surface area contributed by atoms with Crippen molar-refractivity contribution in [2.24, 2.45) is 0 Å². The van der Waals surface area contributed by atoms with Gasteiger partial charge in [-0.25, -0.2) is 0 Å². The van der Waals surface area contributed by atoms with Crippen molar-refractivity contribution in [3.63, 3.8) is 0 Å². The third kappa shape index (κ3) is 3.48. The van der Waals surface area contributed by atoms with Gasteiger partial charge in [0.05, 0.1) is 10.9 Å². The van der Waals surface area contributed by atoms with E-state index in [2.05, 4.69) is 22.3 Å². The van der Waals surface area contributed by atoms with Gasteiger partial charge in [-0.3, -0.25) is 4.79 Å². The van der Waals surface area contributed by atoms with Crippen molar-refractivity contribution in [1.29, 1.82) is 0 Å². The fraction of sp³-hybridized carbons (Fsp3) is 0.250. The molecular formula is C20H18ClN3O2. The Morgan fingerprint density at radius 2 is 1.88 bits per heavy atom. The standard InChI is InChI=1S/C20H18ClN3O2/c21-17-9-5-4-8-16(17)19-22-20(26-23-19)15-12-18(25)24(13-15)11-10-14-6-2-1-3-7-14/h1-9,15H,10-13H2. The summed E-state index contributed by atoms with van der Waals surface area (Å²) in [4.78, 5) is 18.7. The molecule has 1 amide bonds. The van der Waals surface area contributed by atoms with Crippen LogP contribution in [0, 0.1) is 0 Å². The van der Waals surface area contributed by atoms with Gasteiger partial charge in [0.2, 0.25) is 17.6 Å². The molecule has 6 heteroatoms. The van der Waals surface area contributed by atoms with Crippen LogP contribution in [-0.2, 0) is 11.2 Å². The van der Waals surface area contributed by atoms with E-state index < -0.39 is 0 Å². The predicted octanol–water partition coefficient (Wildman–Crippen LogP) is 3.95. The molecule has 26 heavy (non-hydrogen) atoms. The van der Waals surface area contributed by atoms with Crippen molar-refractivity contribution in [1.82, 2.24) is 15.0 Å². The number of rotatable bonds is 5. The van der Waals surface area contributed by atoms with Gasteiger partial charge in [0.1, 0.15) is 0 Å². The zero-order chi connectivity index (χ0) is 17.9. The molecule has 0 spiro atoms. The van der Waals surface area contributed by atoms with E-state index in [9.17, 15) is 4.79 Å². The molecule has 0 N–H and O–H groups in total. The maximum atomic E-state index is 12.3. The molecule has 1 aliphatic heterocycles. The lowest BCUT2D eigenvalue weighted by Crippen LogP contribution is -2.27. The van der Waals surface area contributed by atoms with Gasteiger partial charge in [-0.1, -0.05) is 59.2 Å². The summed E-state index contributed by atoms with van der Waals surface area (Å²) in [5.41, 5.74) is 1.96. The average molecular weight is 368 g/mol. The second kappa shape index (κ2) is 7.30. The number of carbonyl (C=O) groups is 1. The van der Waals surface area contributed by atoms with Gasteiger partial charge in [0.25, 0.3) is 0 Å². The van der Waals surface area contributed by atoms with Crippen LogP contribution in [0.2, 0.25) is 5.02 Å². The molecule has 4 rings (SSSR count). The predicted molar refractivity (Wildman–Crippen MR) is 98.8 cm³/mol. The summed E-state index contributed by atoms with van der Waals surface area (Å²) in [6, 6.07) is 17.5. The average Bonchev–Trinajstić information content (AvgIpc) is 3.28. The molecule has 1 aromatic heterocycles. The molecule has 2 aromatic carbocycles. The van der Waals surface area contributed by atoms with Crippen LogP contribution in [0.4, 0.5) is 0 Å². The Morgan fingerprint density at radius 1 is 1.12 bits per heavy atom. The first-order valence-electron chi connectivity index (χ1n) is 8.61. The molecule has 5 nitrogen and oxygen atoms in total. The maximum Gasteiger partial charge on any atom is 0.232 e. The molecule has 132 valence electrons. The Balaban J connectivity index is 1.43. The number of amides is 1. The smallest absolute Gasteiger partial charge is 0.232 e. The minimum absolute atomic E-state index is 0.0676. The molecule has 1 atom stereocenters. The molecular weight excluding hydrogens is 350 g/mol. The van der Waals surface area contributed by atoms with Gasteiger partial charge in [-0.05, 0) is 24.1 Å². The number of hydrogen-bond acceptors (Lipinski definition) is 4. The molecule has 0 bridgehead atoms. The number of carbonyl (C=O) groups excluding carboxylic acids is 1. The summed E-state index contributed by atoms with van der Waals surface area (Å²) in [6.07, 6.45) is 1.24. The largest absolute Gasteiger partial charge is 0.342 e. The lowest BCUT2D eigenvalue weighted by atomic mass is 10.1. The summed E-state index contributed by atoms with van der Waals surface area (Å²) < 4.78 is 5.42. The first kappa shape index (κ1) is 16.8. The molecule has 1 saturated heterocycles. The maximum absolute atomic E-state index is 12.3. The number of nitrogens with zero attached hydrogens (tertiary/aromatic N) is 3. The highest BCUT2D eigenvalue weighted by Crippen LogP contribution is 2.30. The number of aromatic nitrogens is 2. The van der Waals surface area contributed by atoms with Crippen LogP contribution in [0.1, 0.15) is 23.8 Å². The zero-order valence-electron chi connectivity index (χ0n) is 14.1. The van der Waals surface area contributed by atoms with Crippen molar-refractivity contribution in [3.05, 3.63) is 71.1 Å². The molecule has 0 radical (unpaired) electrons. The third-order valence-electron chi connectivity index (χ3n) is 4.63. The Labute approximate surface area is 156 Å². The van der Waals surface area contributed by atoms with Crippen LogP contribution in [0.5, 0.6) is 0 Å². The zero-order valence-corrected chi connectivity index (χ0v) is 14.9. The highest BCUT2D eigenvalue weighted by molar-refractivity contribution is 6.33. The Morgan fingerprint density at radius 3 is 2.69 bits per heavy atom. The topological polar surface area (TPSA) is 59.2 Å². The first-order valence-corrected chi connectivity index (χ1v) is 8.98. The van der Waals surface area contributed by atoms with E-state index in [1.54, 1.807) is 6.07 Å². The molecule has 2 heterocycles. The second-order valence-electron chi connectivity index (χ2n) is 6.41. The van der Waals surface area contributed by atoms with E-state index in [0.29, 0.717) is 36.2 Å². The Hall–Kier alpha value is -2.66. The molecule has 0 aliphatic carbocycles. The number of likely N-dealkylation sites (tertiary alicyclic amines) is 1. The summed E-state index contributed by atoms with van der Waals surface area (Å²) in [6.45, 7) is 1.31. The molecule has 1 fully saturated rings. The van der Waals surface area contributed by atoms with E-state index in [1.165, 1.54) is 5.56 Å². The van der Waals surface area contributed by atoms with E-state index >= 15 is 0 Å². The number of halogens is 1. The van der Waals surface area contributed by atoms with Crippen molar-refractivity contribution < 1.29 is 9.32 Å². The first-order chi connectivity index (χ1) is 12.7. The van der Waals surface area contributed by atoms with Crippen molar-refractivity contribution in [2.75, 3.05) is 13.1 Å². The Bertz CT molecular complexity index is 910. The lowest BCUT2D eigenvalue weighted by molar-refractivity contribution is -0.127. The fourth-order valence-electron chi connectivity index (χ4n) is 3.22. The number of benzene rings is 2. The van der Waals surface area contributed by atoms with Gasteiger partial charge >= 0.3 is 0 Å². The lowest BCUT2D eigenvalue weighted by Gasteiger charge is -2.15. The fourth-order valence-corrected chi connectivity index (χ4v) is 3.44. The van der Waals surface area contributed by atoms with Crippen LogP contribution >= 0.6 is 11.6 Å². The van der Waals surface area contributed by atoms with Crippen LogP contribution in [-0.4, -0.2) is 34.0 Å². The molecule has 3 aromatic rings. The van der Waals surface area contributed by atoms with E-state index in [4.69, 9.17) is 16.1 Å². The molecule has 0 saturated carbocycles. The van der Waals surface area contributed by atoms with Crippen LogP contribution < -0.4 is 0 Å². The third-order valence-corrected chi connectivity index (χ3v) is 4.96. The van der Waals surface area contributed by atoms with Gasteiger partial charge in [-0.15, -0.1) is 0 Å². The van der Waals surface area contributed by atoms with E-state index in [-0.39, 0.29) is 11.8 Å². The normalized spacial score (nSPS) is 17.0. The van der Waals surface area contributed by atoms with Crippen molar-refractivity contribution >= 4 is 17.5 Å². The van der Waals surface area contributed by atoms with Gasteiger partial charge in [0.15, 0.2) is 0 Å². The van der Waals surface area contributed by atoms with Crippen molar-refractivity contribution in [3.8, 4) is 11.4 Å². The Kier molecular flexibility index (Phi) is 4.71. The SMILES string of the molecule is O=C1CC(c2nc(-c3ccccc3Cl)no2)CN1CCc1ccccc1. The van der Waals surface area contributed by atoms with E-state index in [0.717, 1.165) is 12.0 Å². The van der Waals surface area contributed by atoms with Gasteiger partial charge in [0, 0.05) is 25.1 Å². The van der Waals surface area contributed by atoms with Crippen LogP contribution in [0.3, 0.4) is 0 Å². The molecule has 1 aliphatic rings. The summed E-state index contributed by atoms with van der Waals surface area (Å²) in [5, 5.41) is 4.61. The highest BCUT2D eigenvalue weighted by atomic mass is 35.5.